The van der Waals surface area contributed by atoms with E-state index < -0.39 is 0 Å². The van der Waals surface area contributed by atoms with Crippen LogP contribution < -0.4 is 16.0 Å². The van der Waals surface area contributed by atoms with Crippen LogP contribution in [0.1, 0.15) is 11.7 Å². The number of ether oxygens (including phenoxy) is 1. The van der Waals surface area contributed by atoms with Crippen molar-refractivity contribution in [3.8, 4) is 0 Å². The molecule has 2 aromatic carbocycles. The van der Waals surface area contributed by atoms with Crippen molar-refractivity contribution >= 4 is 29.0 Å². The highest BCUT2D eigenvalue weighted by Gasteiger charge is 2.49. The minimum atomic E-state index is -0.307. The average molecular weight is 330 g/mol. The van der Waals surface area contributed by atoms with Gasteiger partial charge in [0.05, 0.1) is 12.1 Å². The lowest BCUT2D eigenvalue weighted by Gasteiger charge is -2.53. The molecule has 5 nitrogen and oxygen atoms in total. The lowest BCUT2D eigenvalue weighted by Crippen LogP contribution is -2.69. The molecule has 4 rings (SSSR count). The van der Waals surface area contributed by atoms with Crippen molar-refractivity contribution in [3.05, 3.63) is 59.1 Å². The molecule has 2 aliphatic heterocycles. The molecule has 0 radical (unpaired) electrons. The van der Waals surface area contributed by atoms with Gasteiger partial charge in [-0.05, 0) is 35.9 Å². The molecule has 0 aromatic heterocycles. The van der Waals surface area contributed by atoms with Gasteiger partial charge in [0.2, 0.25) is 0 Å². The third kappa shape index (κ3) is 2.91. The number of hydrogen-bond donors (Lipinski definition) is 3. The molecule has 2 heterocycles. The van der Waals surface area contributed by atoms with Crippen molar-refractivity contribution in [2.45, 2.75) is 18.2 Å². The van der Waals surface area contributed by atoms with Gasteiger partial charge < -0.3 is 20.7 Å². The van der Waals surface area contributed by atoms with Crippen molar-refractivity contribution in [1.29, 1.82) is 0 Å². The van der Waals surface area contributed by atoms with E-state index >= 15 is 0 Å². The van der Waals surface area contributed by atoms with E-state index in [1.54, 1.807) is 24.3 Å². The van der Waals surface area contributed by atoms with Crippen LogP contribution in [0.4, 0.5) is 16.2 Å². The zero-order valence-electron chi connectivity index (χ0n) is 12.3. The van der Waals surface area contributed by atoms with E-state index in [2.05, 4.69) is 16.0 Å². The van der Waals surface area contributed by atoms with Crippen LogP contribution in [-0.2, 0) is 4.74 Å². The van der Waals surface area contributed by atoms with Gasteiger partial charge in [0.25, 0.3) is 0 Å². The Balaban J connectivity index is 1.41. The maximum atomic E-state index is 12.1. The van der Waals surface area contributed by atoms with Crippen LogP contribution in [-0.4, -0.2) is 24.7 Å². The van der Waals surface area contributed by atoms with E-state index in [1.807, 2.05) is 24.3 Å². The summed E-state index contributed by atoms with van der Waals surface area (Å²) in [5.41, 5.74) is 2.45. The maximum Gasteiger partial charge on any atom is 0.323 e. The molecule has 2 aromatic rings. The summed E-state index contributed by atoms with van der Waals surface area (Å²) in [6.45, 7) is 0.932. The van der Waals surface area contributed by atoms with Crippen LogP contribution in [0.25, 0.3) is 0 Å². The fraction of sp³-hybridized carbons (Fsp3) is 0.235. The normalized spacial score (nSPS) is 24.8. The molecule has 0 spiro atoms. The molecule has 1 unspecified atom stereocenters. The Morgan fingerprint density at radius 1 is 1.13 bits per heavy atom. The van der Waals surface area contributed by atoms with Crippen LogP contribution in [0.2, 0.25) is 5.02 Å². The highest BCUT2D eigenvalue weighted by Crippen LogP contribution is 2.40. The zero-order chi connectivity index (χ0) is 15.8. The van der Waals surface area contributed by atoms with Gasteiger partial charge >= 0.3 is 6.03 Å². The van der Waals surface area contributed by atoms with Crippen LogP contribution in [0, 0.1) is 0 Å². The van der Waals surface area contributed by atoms with Gasteiger partial charge in [0.1, 0.15) is 6.10 Å². The fourth-order valence-corrected chi connectivity index (χ4v) is 3.10. The summed E-state index contributed by atoms with van der Waals surface area (Å²) in [5.74, 6) is 0. The summed E-state index contributed by atoms with van der Waals surface area (Å²) in [7, 11) is 0. The highest BCUT2D eigenvalue weighted by molar-refractivity contribution is 6.30. The van der Waals surface area contributed by atoms with E-state index in [-0.39, 0.29) is 12.1 Å². The van der Waals surface area contributed by atoms with Crippen LogP contribution in [0.15, 0.2) is 48.5 Å². The number of benzene rings is 2. The number of hydrogen-bond acceptors (Lipinski definition) is 3. The fourth-order valence-electron chi connectivity index (χ4n) is 2.91. The Morgan fingerprint density at radius 3 is 2.48 bits per heavy atom. The molecule has 2 fully saturated rings. The summed E-state index contributed by atoms with van der Waals surface area (Å²) in [5, 5.41) is 9.52. The number of morpholine rings is 1. The highest BCUT2D eigenvalue weighted by atomic mass is 35.5. The zero-order valence-corrected chi connectivity index (χ0v) is 13.0. The van der Waals surface area contributed by atoms with E-state index in [0.717, 1.165) is 17.8 Å². The van der Waals surface area contributed by atoms with Gasteiger partial charge in [-0.25, -0.2) is 4.79 Å². The second kappa shape index (κ2) is 5.85. The molecule has 118 valence electrons. The van der Waals surface area contributed by atoms with Crippen molar-refractivity contribution in [2.75, 3.05) is 17.2 Å². The quantitative estimate of drug-likeness (QED) is 0.808. The van der Waals surface area contributed by atoms with Gasteiger partial charge in [0.15, 0.2) is 0 Å². The number of nitrogens with one attached hydrogen (secondary N) is 3. The van der Waals surface area contributed by atoms with Gasteiger partial charge in [-0.1, -0.05) is 29.8 Å². The second-order valence-corrected chi connectivity index (χ2v) is 6.18. The van der Waals surface area contributed by atoms with Crippen molar-refractivity contribution < 1.29 is 9.53 Å². The predicted octanol–water partition coefficient (Wildman–Crippen LogP) is 3.40. The number of rotatable bonds is 3. The molecule has 2 amide bonds. The standard InChI is InChI=1S/C17H16ClN3O2/c18-11-4-2-6-13(8-11)21-17(22)20-12-5-1-3-10(7-12)16-15-14(23-16)9-19-15/h1-8,14-16,19H,9H2,(H2,20,21,22)/t14-,15?,16-/m0/s1. The number of fused-ring (bicyclic) bond motifs is 1. The number of amides is 2. The average Bonchev–Trinajstić information content (AvgIpc) is 2.50. The first-order chi connectivity index (χ1) is 11.2. The second-order valence-electron chi connectivity index (χ2n) is 5.74. The minimum Gasteiger partial charge on any atom is -0.365 e. The summed E-state index contributed by atoms with van der Waals surface area (Å²) >= 11 is 5.91. The molecule has 23 heavy (non-hydrogen) atoms. The van der Waals surface area contributed by atoms with E-state index in [4.69, 9.17) is 16.3 Å². The number of carbonyl (C=O) groups excluding carboxylic acids is 1. The smallest absolute Gasteiger partial charge is 0.323 e. The summed E-state index contributed by atoms with van der Waals surface area (Å²) < 4.78 is 5.79. The lowest BCUT2D eigenvalue weighted by molar-refractivity contribution is -0.202. The molecule has 3 atom stereocenters. The summed E-state index contributed by atoms with van der Waals surface area (Å²) in [6, 6.07) is 14.9. The Morgan fingerprint density at radius 2 is 1.87 bits per heavy atom. The van der Waals surface area contributed by atoms with Crippen LogP contribution in [0.3, 0.4) is 0 Å². The molecular weight excluding hydrogens is 314 g/mol. The lowest BCUT2D eigenvalue weighted by atomic mass is 9.86. The van der Waals surface area contributed by atoms with Crippen molar-refractivity contribution in [1.82, 2.24) is 5.32 Å². The van der Waals surface area contributed by atoms with Crippen molar-refractivity contribution in [2.24, 2.45) is 0 Å². The summed E-state index contributed by atoms with van der Waals surface area (Å²) in [4.78, 5) is 12.1. The molecule has 0 bridgehead atoms. The van der Waals surface area contributed by atoms with Crippen molar-refractivity contribution in [3.63, 3.8) is 0 Å². The van der Waals surface area contributed by atoms with E-state index in [0.29, 0.717) is 22.9 Å². The molecule has 0 saturated carbocycles. The number of anilines is 2. The molecule has 3 N–H and O–H groups in total. The number of halogens is 1. The van der Waals surface area contributed by atoms with Crippen LogP contribution >= 0.6 is 11.6 Å². The largest absolute Gasteiger partial charge is 0.365 e. The minimum absolute atomic E-state index is 0.0755. The Bertz CT molecular complexity index is 752. The Hall–Kier alpha value is -2.08. The van der Waals surface area contributed by atoms with Gasteiger partial charge in [0, 0.05) is 22.9 Å². The molecule has 2 saturated heterocycles. The monoisotopic (exact) mass is 329 g/mol. The first kappa shape index (κ1) is 14.5. The molecule has 6 heteroatoms. The third-order valence-corrected chi connectivity index (χ3v) is 4.39. The number of urea groups is 1. The van der Waals surface area contributed by atoms with Crippen LogP contribution in [0.5, 0.6) is 0 Å². The SMILES string of the molecule is O=C(Nc1cccc(Cl)c1)Nc1cccc([C@@H]2O[C@H]3CNC32)c1. The molecule has 2 aliphatic rings. The third-order valence-electron chi connectivity index (χ3n) is 4.16. The van der Waals surface area contributed by atoms with Gasteiger partial charge in [-0.2, -0.15) is 0 Å². The van der Waals surface area contributed by atoms with E-state index in [1.165, 1.54) is 0 Å². The van der Waals surface area contributed by atoms with Gasteiger partial charge in [-0.15, -0.1) is 0 Å². The Labute approximate surface area is 139 Å². The van der Waals surface area contributed by atoms with Gasteiger partial charge in [-0.3, -0.25) is 0 Å². The first-order valence-corrected chi connectivity index (χ1v) is 7.89. The Kier molecular flexibility index (Phi) is 3.69. The maximum absolute atomic E-state index is 12.1. The molecular formula is C17H16ClN3O2. The summed E-state index contributed by atoms with van der Waals surface area (Å²) in [6.07, 6.45) is 0.425. The first-order valence-electron chi connectivity index (χ1n) is 7.51. The number of carbonyl (C=O) groups is 1. The predicted molar refractivity (Wildman–Crippen MR) is 89.9 cm³/mol. The molecule has 0 aliphatic carbocycles. The topological polar surface area (TPSA) is 62.4 Å². The van der Waals surface area contributed by atoms with E-state index in [9.17, 15) is 4.79 Å².